The van der Waals surface area contributed by atoms with Gasteiger partial charge in [0, 0.05) is 17.8 Å². The summed E-state index contributed by atoms with van der Waals surface area (Å²) in [7, 11) is 0. The van der Waals surface area contributed by atoms with Crippen LogP contribution in [-0.4, -0.2) is 34.6 Å². The third kappa shape index (κ3) is 5.64. The summed E-state index contributed by atoms with van der Waals surface area (Å²) in [5, 5.41) is 15.3. The molecule has 0 N–H and O–H groups in total. The average molecular weight is 668 g/mol. The van der Waals surface area contributed by atoms with Crippen LogP contribution in [0, 0.1) is 6.92 Å². The smallest absolute Gasteiger partial charge is 0.267 e. The normalized spacial score (nSPS) is 11.6. The van der Waals surface area contributed by atoms with Gasteiger partial charge in [0.25, 0.3) is 5.56 Å². The first-order valence-electron chi connectivity index (χ1n) is 17.3. The second kappa shape index (κ2) is 13.5. The minimum atomic E-state index is -0.861. The second-order valence-corrected chi connectivity index (χ2v) is 12.8. The highest BCUT2D eigenvalue weighted by molar-refractivity contribution is 5.80. The summed E-state index contributed by atoms with van der Waals surface area (Å²) >= 11 is 0. The molecule has 8 nitrogen and oxygen atoms in total. The van der Waals surface area contributed by atoms with E-state index in [2.05, 4.69) is 73.7 Å². The highest BCUT2D eigenvalue weighted by Crippen LogP contribution is 2.40. The lowest BCUT2D eigenvalue weighted by atomic mass is 9.77. The Balaban J connectivity index is 1.19. The van der Waals surface area contributed by atoms with Gasteiger partial charge in [0.05, 0.1) is 11.9 Å². The monoisotopic (exact) mass is 667 g/mol. The highest BCUT2D eigenvalue weighted by Gasteiger charge is 2.41. The zero-order valence-electron chi connectivity index (χ0n) is 28.6. The van der Waals surface area contributed by atoms with E-state index in [1.807, 2.05) is 101 Å². The van der Waals surface area contributed by atoms with E-state index in [4.69, 9.17) is 20.4 Å². The molecule has 250 valence electrons. The van der Waals surface area contributed by atoms with Gasteiger partial charge >= 0.3 is 0 Å². The summed E-state index contributed by atoms with van der Waals surface area (Å²) in [6.07, 6.45) is 0.854. The summed E-state index contributed by atoms with van der Waals surface area (Å²) in [6, 6.07) is 51.5. The van der Waals surface area contributed by atoms with Crippen LogP contribution >= 0.6 is 0 Å². The van der Waals surface area contributed by atoms with Crippen LogP contribution in [0.3, 0.4) is 0 Å². The van der Waals surface area contributed by atoms with Gasteiger partial charge in [-0.15, -0.1) is 15.0 Å². The molecule has 3 aromatic heterocycles. The Kier molecular flexibility index (Phi) is 8.41. The SMILES string of the molecule is CCCn1c(=O)c2ccc(C)nc2n1Cc1ccc(-c2ccccc2-c2nnn(C(c3ccccc3)(c3ccccc3)c3ccccc3)n2)cc1. The predicted molar refractivity (Wildman–Crippen MR) is 201 cm³/mol. The number of aromatic nitrogens is 7. The number of aryl methyl sites for hydroxylation is 1. The van der Waals surface area contributed by atoms with Crippen LogP contribution in [0.4, 0.5) is 0 Å². The molecule has 0 radical (unpaired) electrons. The Morgan fingerprint density at radius 1 is 0.627 bits per heavy atom. The van der Waals surface area contributed by atoms with Crippen molar-refractivity contribution in [3.05, 3.63) is 190 Å². The van der Waals surface area contributed by atoms with Gasteiger partial charge in [-0.3, -0.25) is 9.48 Å². The Morgan fingerprint density at radius 3 is 1.78 bits per heavy atom. The first kappa shape index (κ1) is 31.8. The Hall–Kier alpha value is -6.41. The minimum absolute atomic E-state index is 0.00116. The van der Waals surface area contributed by atoms with Crippen LogP contribution in [0.5, 0.6) is 0 Å². The van der Waals surface area contributed by atoms with Gasteiger partial charge in [0.15, 0.2) is 11.2 Å². The van der Waals surface area contributed by atoms with E-state index in [0.29, 0.717) is 24.3 Å². The van der Waals surface area contributed by atoms with Crippen LogP contribution in [0.2, 0.25) is 0 Å². The molecular weight excluding hydrogens is 631 g/mol. The molecule has 8 aromatic rings. The average Bonchev–Trinajstić information content (AvgIpc) is 3.77. The van der Waals surface area contributed by atoms with Crippen molar-refractivity contribution in [2.75, 3.05) is 0 Å². The lowest BCUT2D eigenvalue weighted by Crippen LogP contribution is -2.39. The molecule has 8 heteroatoms. The quantitative estimate of drug-likeness (QED) is 0.138. The van der Waals surface area contributed by atoms with E-state index in [-0.39, 0.29) is 5.56 Å². The molecule has 0 aliphatic rings. The molecule has 51 heavy (non-hydrogen) atoms. The van der Waals surface area contributed by atoms with Gasteiger partial charge in [0.1, 0.15) is 0 Å². The fourth-order valence-corrected chi connectivity index (χ4v) is 7.11. The molecule has 0 saturated heterocycles. The summed E-state index contributed by atoms with van der Waals surface area (Å²) in [5.74, 6) is 0.533. The van der Waals surface area contributed by atoms with Gasteiger partial charge in [0.2, 0.25) is 5.82 Å². The van der Waals surface area contributed by atoms with Crippen LogP contribution in [-0.2, 0) is 18.6 Å². The van der Waals surface area contributed by atoms with Gasteiger partial charge in [-0.05, 0) is 64.1 Å². The standard InChI is InChI=1S/C43H37N7O/c1-3-29-48-42(51)39-28-23-31(2)44-41(39)49(48)30-32-24-26-33(27-25-32)37-21-13-14-22-38(37)40-45-47-50(46-40)43(34-15-7-4-8-16-34,35-17-9-5-10-18-35)36-19-11-6-12-20-36/h4-28H,3,29-30H2,1-2H3. The van der Waals surface area contributed by atoms with Gasteiger partial charge in [-0.1, -0.05) is 146 Å². The number of hydrogen-bond acceptors (Lipinski definition) is 5. The Bertz CT molecular complexity index is 2390. The van der Waals surface area contributed by atoms with Crippen molar-refractivity contribution < 1.29 is 0 Å². The van der Waals surface area contributed by atoms with E-state index < -0.39 is 5.54 Å². The molecule has 8 rings (SSSR count). The molecule has 0 amide bonds. The second-order valence-electron chi connectivity index (χ2n) is 12.8. The zero-order valence-corrected chi connectivity index (χ0v) is 28.6. The van der Waals surface area contributed by atoms with Crippen molar-refractivity contribution in [2.24, 2.45) is 0 Å². The molecule has 5 aromatic carbocycles. The molecule has 0 aliphatic heterocycles. The van der Waals surface area contributed by atoms with Crippen molar-refractivity contribution in [3.63, 3.8) is 0 Å². The molecule has 0 unspecified atom stereocenters. The van der Waals surface area contributed by atoms with Crippen molar-refractivity contribution in [2.45, 2.75) is 38.9 Å². The molecule has 0 bridgehead atoms. The lowest BCUT2D eigenvalue weighted by Gasteiger charge is -2.34. The van der Waals surface area contributed by atoms with Crippen molar-refractivity contribution >= 4 is 11.0 Å². The topological polar surface area (TPSA) is 83.4 Å². The summed E-state index contributed by atoms with van der Waals surface area (Å²) < 4.78 is 3.83. The van der Waals surface area contributed by atoms with Gasteiger partial charge < -0.3 is 0 Å². The first-order valence-corrected chi connectivity index (χ1v) is 17.3. The van der Waals surface area contributed by atoms with Crippen LogP contribution in [0.15, 0.2) is 156 Å². The number of fused-ring (bicyclic) bond motifs is 1. The molecule has 0 aliphatic carbocycles. The maximum atomic E-state index is 13.2. The summed E-state index contributed by atoms with van der Waals surface area (Å²) in [5.41, 5.74) is 7.81. The Labute approximate surface area is 296 Å². The predicted octanol–water partition coefficient (Wildman–Crippen LogP) is 8.13. The van der Waals surface area contributed by atoms with Crippen molar-refractivity contribution in [3.8, 4) is 22.5 Å². The molecule has 0 atom stereocenters. The van der Waals surface area contributed by atoms with E-state index in [9.17, 15) is 4.79 Å². The third-order valence-corrected chi connectivity index (χ3v) is 9.50. The maximum absolute atomic E-state index is 13.2. The minimum Gasteiger partial charge on any atom is -0.267 e. The van der Waals surface area contributed by atoms with E-state index >= 15 is 0 Å². The number of benzene rings is 5. The van der Waals surface area contributed by atoms with Crippen LogP contribution in [0.25, 0.3) is 33.5 Å². The molecule has 0 saturated carbocycles. The summed E-state index contributed by atoms with van der Waals surface area (Å²) in [6.45, 7) is 5.20. The largest absolute Gasteiger partial charge is 0.276 e. The molecular formula is C43H37N7O. The fourth-order valence-electron chi connectivity index (χ4n) is 7.11. The molecule has 3 heterocycles. The fraction of sp³-hybridized carbons (Fsp3) is 0.140. The third-order valence-electron chi connectivity index (χ3n) is 9.50. The highest BCUT2D eigenvalue weighted by atomic mass is 16.1. The number of hydrogen-bond donors (Lipinski definition) is 0. The van der Waals surface area contributed by atoms with Crippen molar-refractivity contribution in [1.82, 2.24) is 34.6 Å². The number of nitrogens with zero attached hydrogens (tertiary/aromatic N) is 7. The Morgan fingerprint density at radius 2 is 1.20 bits per heavy atom. The zero-order chi connectivity index (χ0) is 34.8. The molecule has 0 spiro atoms. The van der Waals surface area contributed by atoms with Crippen LogP contribution in [0.1, 0.15) is 41.3 Å². The van der Waals surface area contributed by atoms with Gasteiger partial charge in [-0.25, -0.2) is 9.67 Å². The molecule has 0 fully saturated rings. The number of rotatable bonds is 10. The van der Waals surface area contributed by atoms with E-state index in [1.54, 1.807) is 4.80 Å². The maximum Gasteiger partial charge on any atom is 0.276 e. The van der Waals surface area contributed by atoms with Crippen LogP contribution < -0.4 is 5.56 Å². The number of pyridine rings is 1. The van der Waals surface area contributed by atoms with Gasteiger partial charge in [-0.2, -0.15) is 0 Å². The van der Waals surface area contributed by atoms with E-state index in [1.165, 1.54) is 0 Å². The summed E-state index contributed by atoms with van der Waals surface area (Å²) in [4.78, 5) is 19.7. The lowest BCUT2D eigenvalue weighted by molar-refractivity contribution is 0.396. The first-order chi connectivity index (χ1) is 25.1. The van der Waals surface area contributed by atoms with Crippen molar-refractivity contribution in [1.29, 1.82) is 0 Å². The van der Waals surface area contributed by atoms with E-state index in [0.717, 1.165) is 56.7 Å². The number of tetrazole rings is 1.